The van der Waals surface area contributed by atoms with Crippen LogP contribution in [-0.4, -0.2) is 6.54 Å². The Balaban J connectivity index is 2.21. The zero-order chi connectivity index (χ0) is 13.7. The molecule has 0 atom stereocenters. The van der Waals surface area contributed by atoms with E-state index < -0.39 is 0 Å². The summed E-state index contributed by atoms with van der Waals surface area (Å²) in [6.07, 6.45) is 0. The highest BCUT2D eigenvalue weighted by atomic mass is 79.9. The maximum atomic E-state index is 5.99. The van der Waals surface area contributed by atoms with Gasteiger partial charge < -0.3 is 10.1 Å². The van der Waals surface area contributed by atoms with Crippen molar-refractivity contribution in [2.75, 3.05) is 6.54 Å². The monoisotopic (exact) mass is 319 g/mol. The largest absolute Gasteiger partial charge is 0.456 e. The van der Waals surface area contributed by atoms with E-state index in [1.165, 1.54) is 5.56 Å². The average Bonchev–Trinajstić information content (AvgIpc) is 2.42. The molecule has 0 amide bonds. The Labute approximate surface area is 122 Å². The van der Waals surface area contributed by atoms with Crippen LogP contribution in [0.1, 0.15) is 18.1 Å². The van der Waals surface area contributed by atoms with Gasteiger partial charge in [0.2, 0.25) is 0 Å². The fourth-order valence-corrected chi connectivity index (χ4v) is 2.15. The average molecular weight is 320 g/mol. The molecule has 2 aromatic carbocycles. The fraction of sp³-hybridized carbons (Fsp3) is 0.250. The van der Waals surface area contributed by atoms with Gasteiger partial charge in [-0.3, -0.25) is 0 Å². The molecule has 0 spiro atoms. The molecule has 1 N–H and O–H groups in total. The standard InChI is InChI=1S/C16H18BrNO/c1-3-18-11-13-9-8-12(2)16(10-13)19-15-7-5-4-6-14(15)17/h4-10,18H,3,11H2,1-2H3. The van der Waals surface area contributed by atoms with Crippen LogP contribution in [0.15, 0.2) is 46.9 Å². The first-order chi connectivity index (χ1) is 9.20. The predicted molar refractivity (Wildman–Crippen MR) is 82.8 cm³/mol. The second kappa shape index (κ2) is 6.73. The minimum atomic E-state index is 0.839. The summed E-state index contributed by atoms with van der Waals surface area (Å²) in [5.41, 5.74) is 2.37. The van der Waals surface area contributed by atoms with E-state index in [0.717, 1.165) is 34.6 Å². The van der Waals surface area contributed by atoms with E-state index in [-0.39, 0.29) is 0 Å². The van der Waals surface area contributed by atoms with Crippen molar-refractivity contribution in [3.63, 3.8) is 0 Å². The number of hydrogen-bond acceptors (Lipinski definition) is 2. The van der Waals surface area contributed by atoms with Crippen molar-refractivity contribution in [3.05, 3.63) is 58.1 Å². The maximum absolute atomic E-state index is 5.99. The van der Waals surface area contributed by atoms with E-state index in [9.17, 15) is 0 Å². The van der Waals surface area contributed by atoms with Gasteiger partial charge in [-0.2, -0.15) is 0 Å². The Kier molecular flexibility index (Phi) is 5.00. The summed E-state index contributed by atoms with van der Waals surface area (Å²) in [6, 6.07) is 14.2. The second-order valence-electron chi connectivity index (χ2n) is 4.41. The van der Waals surface area contributed by atoms with Gasteiger partial charge in [-0.1, -0.05) is 31.2 Å². The molecular weight excluding hydrogens is 302 g/mol. The molecule has 3 heteroatoms. The molecule has 2 rings (SSSR count). The number of nitrogens with one attached hydrogen (secondary N) is 1. The molecule has 0 aliphatic heterocycles. The Morgan fingerprint density at radius 3 is 2.63 bits per heavy atom. The van der Waals surface area contributed by atoms with Gasteiger partial charge in [-0.25, -0.2) is 0 Å². The van der Waals surface area contributed by atoms with Gasteiger partial charge >= 0.3 is 0 Å². The molecule has 0 fully saturated rings. The Morgan fingerprint density at radius 1 is 1.11 bits per heavy atom. The zero-order valence-corrected chi connectivity index (χ0v) is 12.8. The topological polar surface area (TPSA) is 21.3 Å². The third-order valence-electron chi connectivity index (χ3n) is 2.89. The number of para-hydroxylation sites is 1. The first-order valence-corrected chi connectivity index (χ1v) is 7.22. The first kappa shape index (κ1) is 14.1. The summed E-state index contributed by atoms with van der Waals surface area (Å²) in [4.78, 5) is 0. The highest BCUT2D eigenvalue weighted by molar-refractivity contribution is 9.10. The lowest BCUT2D eigenvalue weighted by atomic mass is 10.1. The second-order valence-corrected chi connectivity index (χ2v) is 5.27. The predicted octanol–water partition coefficient (Wildman–Crippen LogP) is 4.66. The van der Waals surface area contributed by atoms with Gasteiger partial charge in [0.15, 0.2) is 0 Å². The number of halogens is 1. The SMILES string of the molecule is CCNCc1ccc(C)c(Oc2ccccc2Br)c1. The smallest absolute Gasteiger partial charge is 0.141 e. The van der Waals surface area contributed by atoms with Crippen LogP contribution in [-0.2, 0) is 6.54 Å². The van der Waals surface area contributed by atoms with E-state index in [1.54, 1.807) is 0 Å². The van der Waals surface area contributed by atoms with Crippen LogP contribution < -0.4 is 10.1 Å². The molecule has 100 valence electrons. The molecule has 0 aliphatic rings. The third kappa shape index (κ3) is 3.82. The van der Waals surface area contributed by atoms with Crippen LogP contribution in [0.4, 0.5) is 0 Å². The van der Waals surface area contributed by atoms with Gasteiger partial charge in [0, 0.05) is 6.54 Å². The van der Waals surface area contributed by atoms with Crippen molar-refractivity contribution in [1.82, 2.24) is 5.32 Å². The summed E-state index contributed by atoms with van der Waals surface area (Å²) in [5.74, 6) is 1.74. The summed E-state index contributed by atoms with van der Waals surface area (Å²) in [5, 5.41) is 3.32. The van der Waals surface area contributed by atoms with Gasteiger partial charge in [0.05, 0.1) is 4.47 Å². The minimum Gasteiger partial charge on any atom is -0.456 e. The van der Waals surface area contributed by atoms with Crippen molar-refractivity contribution < 1.29 is 4.74 Å². The van der Waals surface area contributed by atoms with Crippen LogP contribution in [0.25, 0.3) is 0 Å². The molecule has 19 heavy (non-hydrogen) atoms. The molecule has 2 aromatic rings. The first-order valence-electron chi connectivity index (χ1n) is 6.43. The van der Waals surface area contributed by atoms with E-state index in [1.807, 2.05) is 24.3 Å². The van der Waals surface area contributed by atoms with Gasteiger partial charge in [0.1, 0.15) is 11.5 Å². The molecule has 0 saturated heterocycles. The quantitative estimate of drug-likeness (QED) is 0.865. The molecule has 0 saturated carbocycles. The molecule has 2 nitrogen and oxygen atoms in total. The third-order valence-corrected chi connectivity index (χ3v) is 3.54. The van der Waals surface area contributed by atoms with Crippen molar-refractivity contribution >= 4 is 15.9 Å². The summed E-state index contributed by atoms with van der Waals surface area (Å²) >= 11 is 3.50. The Hall–Kier alpha value is -1.32. The molecule has 0 heterocycles. The number of aryl methyl sites for hydroxylation is 1. The molecular formula is C16H18BrNO. The highest BCUT2D eigenvalue weighted by Gasteiger charge is 2.05. The number of rotatable bonds is 5. The van der Waals surface area contributed by atoms with Crippen LogP contribution in [0.5, 0.6) is 11.5 Å². The van der Waals surface area contributed by atoms with E-state index in [2.05, 4.69) is 53.3 Å². The zero-order valence-electron chi connectivity index (χ0n) is 11.2. The number of hydrogen-bond donors (Lipinski definition) is 1. The summed E-state index contributed by atoms with van der Waals surface area (Å²) in [6.45, 7) is 5.99. The van der Waals surface area contributed by atoms with E-state index in [4.69, 9.17) is 4.74 Å². The van der Waals surface area contributed by atoms with Crippen LogP contribution >= 0.6 is 15.9 Å². The highest BCUT2D eigenvalue weighted by Crippen LogP contribution is 2.31. The molecule has 0 aliphatic carbocycles. The normalized spacial score (nSPS) is 10.5. The fourth-order valence-electron chi connectivity index (χ4n) is 1.78. The summed E-state index contributed by atoms with van der Waals surface area (Å²) in [7, 11) is 0. The van der Waals surface area contributed by atoms with Gasteiger partial charge in [-0.15, -0.1) is 0 Å². The van der Waals surface area contributed by atoms with Crippen LogP contribution in [0.3, 0.4) is 0 Å². The van der Waals surface area contributed by atoms with Gasteiger partial charge in [-0.05, 0) is 58.7 Å². The van der Waals surface area contributed by atoms with Crippen molar-refractivity contribution in [2.24, 2.45) is 0 Å². The van der Waals surface area contributed by atoms with E-state index >= 15 is 0 Å². The van der Waals surface area contributed by atoms with Crippen molar-refractivity contribution in [1.29, 1.82) is 0 Å². The number of ether oxygens (including phenoxy) is 1. The molecule has 0 bridgehead atoms. The Bertz CT molecular complexity index is 554. The van der Waals surface area contributed by atoms with E-state index in [0.29, 0.717) is 0 Å². The van der Waals surface area contributed by atoms with Gasteiger partial charge in [0.25, 0.3) is 0 Å². The molecule has 0 unspecified atom stereocenters. The van der Waals surface area contributed by atoms with Crippen molar-refractivity contribution in [3.8, 4) is 11.5 Å². The lowest BCUT2D eigenvalue weighted by molar-refractivity contribution is 0.475. The lowest BCUT2D eigenvalue weighted by Crippen LogP contribution is -2.11. The minimum absolute atomic E-state index is 0.839. The molecule has 0 aromatic heterocycles. The maximum Gasteiger partial charge on any atom is 0.141 e. The van der Waals surface area contributed by atoms with Crippen LogP contribution in [0, 0.1) is 6.92 Å². The van der Waals surface area contributed by atoms with Crippen molar-refractivity contribution in [2.45, 2.75) is 20.4 Å². The lowest BCUT2D eigenvalue weighted by Gasteiger charge is -2.12. The number of benzene rings is 2. The molecule has 0 radical (unpaired) electrons. The summed E-state index contributed by atoms with van der Waals surface area (Å²) < 4.78 is 6.95. The Morgan fingerprint density at radius 2 is 1.89 bits per heavy atom. The van der Waals surface area contributed by atoms with Crippen LogP contribution in [0.2, 0.25) is 0 Å².